The van der Waals surface area contributed by atoms with Crippen LogP contribution < -0.4 is 11.1 Å². The van der Waals surface area contributed by atoms with E-state index < -0.39 is 0 Å². The third kappa shape index (κ3) is 2.88. The highest BCUT2D eigenvalue weighted by Crippen LogP contribution is 2.25. The topological polar surface area (TPSA) is 122 Å². The number of hydrogen-bond donors (Lipinski definition) is 3. The molecule has 0 atom stereocenters. The maximum Gasteiger partial charge on any atom is 0.276 e. The summed E-state index contributed by atoms with van der Waals surface area (Å²) < 4.78 is 0. The van der Waals surface area contributed by atoms with Gasteiger partial charge in [0.1, 0.15) is 0 Å². The van der Waals surface area contributed by atoms with Gasteiger partial charge in [-0.05, 0) is 23.8 Å². The Hall–Kier alpha value is -3.81. The van der Waals surface area contributed by atoms with Crippen LogP contribution in [0.25, 0.3) is 22.0 Å². The van der Waals surface area contributed by atoms with Gasteiger partial charge in [0.2, 0.25) is 5.95 Å². The van der Waals surface area contributed by atoms with Gasteiger partial charge in [-0.1, -0.05) is 12.1 Å². The molecule has 4 aromatic rings. The van der Waals surface area contributed by atoms with Crippen LogP contribution in [-0.4, -0.2) is 31.1 Å². The van der Waals surface area contributed by atoms with E-state index in [9.17, 15) is 4.79 Å². The molecular formula is C17H13N7O. The summed E-state index contributed by atoms with van der Waals surface area (Å²) in [6.07, 6.45) is 6.37. The summed E-state index contributed by atoms with van der Waals surface area (Å²) >= 11 is 0. The number of aromatic amines is 1. The van der Waals surface area contributed by atoms with Crippen molar-refractivity contribution in [2.24, 2.45) is 0 Å². The summed E-state index contributed by atoms with van der Waals surface area (Å²) in [5, 5.41) is 10.4. The van der Waals surface area contributed by atoms with E-state index in [4.69, 9.17) is 5.73 Å². The van der Waals surface area contributed by atoms with Crippen LogP contribution in [0.1, 0.15) is 10.5 Å². The van der Waals surface area contributed by atoms with Gasteiger partial charge in [-0.15, -0.1) is 0 Å². The Morgan fingerprint density at radius 3 is 2.68 bits per heavy atom. The van der Waals surface area contributed by atoms with Crippen molar-refractivity contribution in [3.8, 4) is 11.1 Å². The van der Waals surface area contributed by atoms with E-state index in [0.717, 1.165) is 22.0 Å². The second-order valence-electron chi connectivity index (χ2n) is 5.36. The first-order valence-electron chi connectivity index (χ1n) is 7.48. The minimum absolute atomic E-state index is 0.143. The fourth-order valence-corrected chi connectivity index (χ4v) is 2.49. The molecule has 0 aliphatic carbocycles. The second kappa shape index (κ2) is 6.00. The Kier molecular flexibility index (Phi) is 3.55. The molecule has 122 valence electrons. The van der Waals surface area contributed by atoms with Crippen LogP contribution in [0.15, 0.2) is 55.1 Å². The Labute approximate surface area is 142 Å². The fraction of sp³-hybridized carbons (Fsp3) is 0. The lowest BCUT2D eigenvalue weighted by molar-refractivity contribution is 0.102. The number of hydrogen-bond acceptors (Lipinski definition) is 6. The molecule has 0 radical (unpaired) electrons. The molecule has 4 rings (SSSR count). The first-order valence-corrected chi connectivity index (χ1v) is 7.48. The molecule has 0 saturated carbocycles. The van der Waals surface area contributed by atoms with E-state index in [1.54, 1.807) is 12.4 Å². The monoisotopic (exact) mass is 331 g/mol. The van der Waals surface area contributed by atoms with Gasteiger partial charge in [0.15, 0.2) is 5.69 Å². The lowest BCUT2D eigenvalue weighted by atomic mass is 10.0. The first kappa shape index (κ1) is 14.8. The average molecular weight is 331 g/mol. The van der Waals surface area contributed by atoms with Crippen molar-refractivity contribution < 1.29 is 4.79 Å². The molecule has 8 nitrogen and oxygen atoms in total. The zero-order valence-corrected chi connectivity index (χ0v) is 13.0. The van der Waals surface area contributed by atoms with Crippen molar-refractivity contribution in [3.05, 3.63) is 60.8 Å². The number of nitrogens with two attached hydrogens (primary N) is 1. The van der Waals surface area contributed by atoms with Gasteiger partial charge >= 0.3 is 0 Å². The smallest absolute Gasteiger partial charge is 0.276 e. The molecule has 0 unspecified atom stereocenters. The maximum atomic E-state index is 12.5. The number of rotatable bonds is 3. The summed E-state index contributed by atoms with van der Waals surface area (Å²) in [7, 11) is 0. The number of pyridine rings is 1. The normalized spacial score (nSPS) is 10.7. The van der Waals surface area contributed by atoms with E-state index in [1.807, 2.05) is 30.3 Å². The SMILES string of the molecule is Nc1ncc(NC(=O)c2n[nH]c3ccc(-c4cccnc4)cc23)cn1. The van der Waals surface area contributed by atoms with Crippen LogP contribution in [0.2, 0.25) is 0 Å². The number of nitrogens with zero attached hydrogens (tertiary/aromatic N) is 4. The molecule has 3 heterocycles. The van der Waals surface area contributed by atoms with Crippen LogP contribution in [0, 0.1) is 0 Å². The van der Waals surface area contributed by atoms with Gasteiger partial charge in [-0.2, -0.15) is 5.10 Å². The van der Waals surface area contributed by atoms with E-state index in [2.05, 4.69) is 30.5 Å². The summed E-state index contributed by atoms with van der Waals surface area (Å²) in [6.45, 7) is 0. The van der Waals surface area contributed by atoms with Gasteiger partial charge in [-0.3, -0.25) is 14.9 Å². The van der Waals surface area contributed by atoms with E-state index in [1.165, 1.54) is 12.4 Å². The zero-order chi connectivity index (χ0) is 17.2. The number of nitrogens with one attached hydrogen (secondary N) is 2. The van der Waals surface area contributed by atoms with E-state index in [-0.39, 0.29) is 17.5 Å². The molecule has 4 N–H and O–H groups in total. The highest BCUT2D eigenvalue weighted by Gasteiger charge is 2.15. The number of amides is 1. The Balaban J connectivity index is 1.69. The van der Waals surface area contributed by atoms with Crippen molar-refractivity contribution in [2.45, 2.75) is 0 Å². The number of H-pyrrole nitrogens is 1. The molecule has 8 heteroatoms. The van der Waals surface area contributed by atoms with Crippen LogP contribution in [-0.2, 0) is 0 Å². The number of benzene rings is 1. The average Bonchev–Trinajstić information content (AvgIpc) is 3.07. The highest BCUT2D eigenvalue weighted by molar-refractivity contribution is 6.11. The molecule has 0 aliphatic heterocycles. The van der Waals surface area contributed by atoms with Gasteiger partial charge in [0.25, 0.3) is 5.91 Å². The Morgan fingerprint density at radius 1 is 1.08 bits per heavy atom. The molecule has 0 spiro atoms. The largest absolute Gasteiger partial charge is 0.368 e. The Bertz CT molecular complexity index is 1040. The summed E-state index contributed by atoms with van der Waals surface area (Å²) in [6, 6.07) is 9.56. The van der Waals surface area contributed by atoms with Gasteiger partial charge in [-0.25, -0.2) is 9.97 Å². The fourth-order valence-electron chi connectivity index (χ4n) is 2.49. The van der Waals surface area contributed by atoms with E-state index in [0.29, 0.717) is 5.69 Å². The molecule has 1 aromatic carbocycles. The highest BCUT2D eigenvalue weighted by atomic mass is 16.1. The molecule has 0 aliphatic rings. The van der Waals surface area contributed by atoms with Crippen molar-refractivity contribution in [2.75, 3.05) is 11.1 Å². The third-order valence-corrected chi connectivity index (χ3v) is 3.70. The summed E-state index contributed by atoms with van der Waals surface area (Å²) in [5.41, 5.74) is 8.86. The predicted octanol–water partition coefficient (Wildman–Crippen LogP) is 2.25. The van der Waals surface area contributed by atoms with Crippen LogP contribution in [0.5, 0.6) is 0 Å². The standard InChI is InChI=1S/C17H13N7O/c18-17-20-8-12(9-21-17)22-16(25)15-13-6-10(3-4-14(13)23-24-15)11-2-1-5-19-7-11/h1-9H,(H,22,25)(H,23,24)(H2,18,20,21). The minimum Gasteiger partial charge on any atom is -0.368 e. The van der Waals surface area contributed by atoms with Crippen LogP contribution in [0.4, 0.5) is 11.6 Å². The summed E-state index contributed by atoms with van der Waals surface area (Å²) in [4.78, 5) is 24.3. The van der Waals surface area contributed by atoms with Crippen molar-refractivity contribution in [1.29, 1.82) is 0 Å². The number of anilines is 2. The lowest BCUT2D eigenvalue weighted by Crippen LogP contribution is -2.13. The molecule has 1 amide bonds. The molecular weight excluding hydrogens is 318 g/mol. The van der Waals surface area contributed by atoms with Crippen molar-refractivity contribution >= 4 is 28.4 Å². The first-order chi connectivity index (χ1) is 12.2. The quantitative estimate of drug-likeness (QED) is 0.529. The van der Waals surface area contributed by atoms with Gasteiger partial charge < -0.3 is 11.1 Å². The number of aromatic nitrogens is 5. The molecule has 0 saturated heterocycles. The maximum absolute atomic E-state index is 12.5. The molecule has 0 bridgehead atoms. The Morgan fingerprint density at radius 2 is 1.92 bits per heavy atom. The van der Waals surface area contributed by atoms with Crippen LogP contribution >= 0.6 is 0 Å². The van der Waals surface area contributed by atoms with Gasteiger partial charge in [0, 0.05) is 23.3 Å². The van der Waals surface area contributed by atoms with E-state index >= 15 is 0 Å². The molecule has 25 heavy (non-hydrogen) atoms. The molecule has 3 aromatic heterocycles. The van der Waals surface area contributed by atoms with Crippen molar-refractivity contribution in [3.63, 3.8) is 0 Å². The predicted molar refractivity (Wildman–Crippen MR) is 93.7 cm³/mol. The van der Waals surface area contributed by atoms with Crippen molar-refractivity contribution in [1.82, 2.24) is 25.1 Å². The van der Waals surface area contributed by atoms with Gasteiger partial charge in [0.05, 0.1) is 23.6 Å². The number of fused-ring (bicyclic) bond motifs is 1. The van der Waals surface area contributed by atoms with Crippen LogP contribution in [0.3, 0.4) is 0 Å². The molecule has 0 fully saturated rings. The number of carbonyl (C=O) groups is 1. The number of carbonyl (C=O) groups excluding carboxylic acids is 1. The minimum atomic E-state index is -0.358. The lowest BCUT2D eigenvalue weighted by Gasteiger charge is -2.04. The number of nitrogen functional groups attached to an aromatic ring is 1. The zero-order valence-electron chi connectivity index (χ0n) is 13.0. The second-order valence-corrected chi connectivity index (χ2v) is 5.36. The summed E-state index contributed by atoms with van der Waals surface area (Å²) in [5.74, 6) is -0.215. The third-order valence-electron chi connectivity index (χ3n) is 3.70.